The number of imidazole rings is 1. The molecule has 2 saturated heterocycles. The lowest BCUT2D eigenvalue weighted by Gasteiger charge is -2.37. The Morgan fingerprint density at radius 3 is 2.10 bits per heavy atom. The van der Waals surface area contributed by atoms with Crippen LogP contribution in [0.15, 0.2) is 91.3 Å². The van der Waals surface area contributed by atoms with E-state index in [0.717, 1.165) is 10.9 Å². The van der Waals surface area contributed by atoms with Crippen molar-refractivity contribution in [1.29, 1.82) is 0 Å². The maximum absolute atomic E-state index is 15.2. The number of aromatic nitrogens is 4. The topological polar surface area (TPSA) is 195 Å². The summed E-state index contributed by atoms with van der Waals surface area (Å²) in [7, 11) is 0. The minimum absolute atomic E-state index is 0.0388. The van der Waals surface area contributed by atoms with Gasteiger partial charge >= 0.3 is 11.9 Å². The third-order valence-corrected chi connectivity index (χ3v) is 8.70. The normalized spacial score (nSPS) is 20.4. The molecule has 5 N–H and O–H groups in total. The fraction of sp³-hybridized carbons (Fsp3) is 0.235. The number of ether oxygens (including phenoxy) is 1. The molecule has 2 fully saturated rings. The molecule has 256 valence electrons. The van der Waals surface area contributed by atoms with Gasteiger partial charge < -0.3 is 30.8 Å². The number of aliphatic hydroxyl groups excluding tert-OH is 2. The largest absolute Gasteiger partial charge is 0.394 e. The first-order chi connectivity index (χ1) is 24.0. The number of hydrogen-bond donors (Lipinski definition) is 4. The number of nitrogen functional groups attached to an aromatic ring is 1. The van der Waals surface area contributed by atoms with Crippen molar-refractivity contribution in [3.8, 4) is 0 Å². The first-order valence-electron chi connectivity index (χ1n) is 15.4. The standard InChI is InChI=1S/C34H29F2N7O7/c35-34(36)27(47)23(17-44)49-31(34)42-18-38-26-28(39-32(37)40-29(26)42)41-33(20-7-3-1-4-8-20,21-9-5-2-6-10-21)22-13-11-19(12-14-22)30(48)50-43-24(45)15-16-25(43)46/h1-14,18,23,27,31,44,47H,15-17H2,(H3,37,39,40,41)/t23-,27-,31-/m1/s1. The second-order valence-corrected chi connectivity index (χ2v) is 11.7. The number of rotatable bonds is 9. The van der Waals surface area contributed by atoms with Crippen LogP contribution < -0.4 is 11.1 Å². The van der Waals surface area contributed by atoms with Crippen LogP contribution in [0.5, 0.6) is 0 Å². The highest BCUT2D eigenvalue weighted by Gasteiger charge is 2.59. The number of benzene rings is 3. The van der Waals surface area contributed by atoms with Crippen LogP contribution in [0.4, 0.5) is 20.5 Å². The predicted molar refractivity (Wildman–Crippen MR) is 171 cm³/mol. The first kappa shape index (κ1) is 32.7. The number of hydroxylamine groups is 2. The average molecular weight is 686 g/mol. The summed E-state index contributed by atoms with van der Waals surface area (Å²) in [5, 5.41) is 23.6. The Labute approximate surface area is 282 Å². The van der Waals surface area contributed by atoms with E-state index >= 15 is 8.78 Å². The maximum Gasteiger partial charge on any atom is 0.363 e. The van der Waals surface area contributed by atoms with Gasteiger partial charge in [-0.2, -0.15) is 18.7 Å². The number of amides is 2. The second kappa shape index (κ2) is 12.6. The number of alkyl halides is 2. The molecule has 3 atom stereocenters. The molecule has 0 unspecified atom stereocenters. The van der Waals surface area contributed by atoms with Crippen LogP contribution in [0.1, 0.15) is 46.1 Å². The van der Waals surface area contributed by atoms with Gasteiger partial charge in [-0.15, -0.1) is 5.06 Å². The molecular weight excluding hydrogens is 656 g/mol. The van der Waals surface area contributed by atoms with Crippen LogP contribution in [0, 0.1) is 0 Å². The number of aliphatic hydroxyl groups is 2. The van der Waals surface area contributed by atoms with E-state index in [-0.39, 0.29) is 41.3 Å². The van der Waals surface area contributed by atoms with E-state index in [1.807, 2.05) is 60.7 Å². The van der Waals surface area contributed by atoms with E-state index in [1.165, 1.54) is 12.1 Å². The number of nitrogens with two attached hydrogens (primary N) is 1. The van der Waals surface area contributed by atoms with Crippen LogP contribution in [0.3, 0.4) is 0 Å². The summed E-state index contributed by atoms with van der Waals surface area (Å²) in [5.74, 6) is -6.18. The van der Waals surface area contributed by atoms with Crippen LogP contribution in [-0.4, -0.2) is 77.3 Å². The Balaban J connectivity index is 1.35. The van der Waals surface area contributed by atoms with Crippen LogP contribution in [-0.2, 0) is 24.7 Å². The van der Waals surface area contributed by atoms with Crippen molar-refractivity contribution in [1.82, 2.24) is 24.6 Å². The summed E-state index contributed by atoms with van der Waals surface area (Å²) < 4.78 is 36.7. The van der Waals surface area contributed by atoms with Gasteiger partial charge in [0.25, 0.3) is 11.8 Å². The number of carbonyl (C=O) groups excluding carboxylic acids is 3. The molecule has 0 spiro atoms. The number of fused-ring (bicyclic) bond motifs is 1. The Bertz CT molecular complexity index is 2030. The van der Waals surface area contributed by atoms with Crippen molar-refractivity contribution >= 4 is 40.7 Å². The van der Waals surface area contributed by atoms with Crippen LogP contribution >= 0.6 is 0 Å². The van der Waals surface area contributed by atoms with E-state index in [1.54, 1.807) is 12.1 Å². The summed E-state index contributed by atoms with van der Waals surface area (Å²) in [4.78, 5) is 55.1. The molecular formula is C34H29F2N7O7. The molecule has 4 heterocycles. The summed E-state index contributed by atoms with van der Waals surface area (Å²) in [6.45, 7) is -0.842. The van der Waals surface area contributed by atoms with Gasteiger partial charge in [0, 0.05) is 12.8 Å². The second-order valence-electron chi connectivity index (χ2n) is 11.7. The van der Waals surface area contributed by atoms with E-state index in [9.17, 15) is 24.6 Å². The smallest absolute Gasteiger partial charge is 0.363 e. The molecule has 0 saturated carbocycles. The zero-order valence-corrected chi connectivity index (χ0v) is 26.0. The SMILES string of the molecule is Nc1nc(NC(c2ccccc2)(c2ccccc2)c2ccc(C(=O)ON3C(=O)CCC3=O)cc2)c2ncn([C@@H]3O[C@H](CO)[C@@H](O)C3(F)F)c2n1. The number of halogens is 2. The lowest BCUT2D eigenvalue weighted by Crippen LogP contribution is -2.39. The number of nitrogens with zero attached hydrogens (tertiary/aromatic N) is 5. The van der Waals surface area contributed by atoms with Crippen molar-refractivity contribution in [2.75, 3.05) is 17.7 Å². The lowest BCUT2D eigenvalue weighted by molar-refractivity contribution is -0.172. The van der Waals surface area contributed by atoms with E-state index in [0.29, 0.717) is 21.8 Å². The monoisotopic (exact) mass is 685 g/mol. The molecule has 50 heavy (non-hydrogen) atoms. The molecule has 14 nitrogen and oxygen atoms in total. The Morgan fingerprint density at radius 1 is 0.960 bits per heavy atom. The molecule has 3 aromatic carbocycles. The molecule has 2 aliphatic heterocycles. The molecule has 0 aliphatic carbocycles. The number of anilines is 2. The van der Waals surface area contributed by atoms with Crippen molar-refractivity contribution in [3.05, 3.63) is 114 Å². The molecule has 2 aromatic heterocycles. The van der Waals surface area contributed by atoms with Gasteiger partial charge in [0.2, 0.25) is 12.2 Å². The minimum atomic E-state index is -3.82. The maximum atomic E-state index is 15.2. The first-order valence-corrected chi connectivity index (χ1v) is 15.4. The molecule has 0 bridgehead atoms. The molecule has 16 heteroatoms. The Morgan fingerprint density at radius 2 is 1.54 bits per heavy atom. The predicted octanol–water partition coefficient (Wildman–Crippen LogP) is 2.92. The minimum Gasteiger partial charge on any atom is -0.394 e. The highest BCUT2D eigenvalue weighted by atomic mass is 19.3. The van der Waals surface area contributed by atoms with Crippen molar-refractivity contribution in [2.45, 2.75) is 42.7 Å². The molecule has 7 rings (SSSR count). The highest BCUT2D eigenvalue weighted by molar-refractivity contribution is 6.02. The Hall–Kier alpha value is -5.84. The fourth-order valence-electron chi connectivity index (χ4n) is 6.23. The number of carbonyl (C=O) groups is 3. The van der Waals surface area contributed by atoms with Crippen molar-refractivity contribution < 1.29 is 43.0 Å². The van der Waals surface area contributed by atoms with Gasteiger partial charge in [-0.3, -0.25) is 14.2 Å². The van der Waals surface area contributed by atoms with Gasteiger partial charge in [-0.1, -0.05) is 72.8 Å². The van der Waals surface area contributed by atoms with E-state index in [4.69, 9.17) is 15.3 Å². The average Bonchev–Trinajstić information content (AvgIpc) is 3.76. The van der Waals surface area contributed by atoms with Crippen molar-refractivity contribution in [3.63, 3.8) is 0 Å². The molecule has 2 aliphatic rings. The van der Waals surface area contributed by atoms with Gasteiger partial charge in [0.15, 0.2) is 23.1 Å². The summed E-state index contributed by atoms with van der Waals surface area (Å²) in [5.41, 5.74) is 6.78. The molecule has 2 amide bonds. The zero-order chi connectivity index (χ0) is 35.2. The quantitative estimate of drug-likeness (QED) is 0.131. The summed E-state index contributed by atoms with van der Waals surface area (Å²) in [6.07, 6.45) is -4.93. The van der Waals surface area contributed by atoms with Gasteiger partial charge in [-0.25, -0.2) is 9.78 Å². The van der Waals surface area contributed by atoms with Gasteiger partial charge in [0.1, 0.15) is 11.6 Å². The third kappa shape index (κ3) is 5.39. The number of imide groups is 1. The van der Waals surface area contributed by atoms with E-state index < -0.39 is 54.3 Å². The molecule has 5 aromatic rings. The van der Waals surface area contributed by atoms with E-state index in [2.05, 4.69) is 20.3 Å². The van der Waals surface area contributed by atoms with Gasteiger partial charge in [-0.05, 0) is 28.8 Å². The van der Waals surface area contributed by atoms with Crippen LogP contribution in [0.2, 0.25) is 0 Å². The summed E-state index contributed by atoms with van der Waals surface area (Å²) in [6, 6.07) is 24.7. The fourth-order valence-corrected chi connectivity index (χ4v) is 6.23. The zero-order valence-electron chi connectivity index (χ0n) is 26.0. The van der Waals surface area contributed by atoms with Crippen molar-refractivity contribution in [2.24, 2.45) is 0 Å². The number of hydrogen-bond acceptors (Lipinski definition) is 12. The third-order valence-electron chi connectivity index (χ3n) is 8.70. The van der Waals surface area contributed by atoms with Crippen LogP contribution in [0.25, 0.3) is 11.2 Å². The van der Waals surface area contributed by atoms with Gasteiger partial charge in [0.05, 0.1) is 18.5 Å². The number of nitrogens with one attached hydrogen (secondary N) is 1. The Kier molecular flexibility index (Phi) is 8.21. The molecule has 0 radical (unpaired) electrons. The highest BCUT2D eigenvalue weighted by Crippen LogP contribution is 2.45. The lowest BCUT2D eigenvalue weighted by atomic mass is 9.76. The summed E-state index contributed by atoms with van der Waals surface area (Å²) >= 11 is 0.